The molecule has 354 valence electrons. The van der Waals surface area contributed by atoms with E-state index in [1.54, 1.807) is 42.5 Å². The fourth-order valence-electron chi connectivity index (χ4n) is 9.73. The molecule has 7 rings (SSSR count). The molecule has 0 unspecified atom stereocenters. The molecule has 0 spiro atoms. The van der Waals surface area contributed by atoms with E-state index in [0.717, 1.165) is 16.7 Å². The molecule has 2 amide bonds. The topological polar surface area (TPSA) is 192 Å². The fourth-order valence-corrected chi connectivity index (χ4v) is 9.73. The summed E-state index contributed by atoms with van der Waals surface area (Å²) in [6.45, 7) is 4.19. The third-order valence-corrected chi connectivity index (χ3v) is 12.7. The first-order chi connectivity index (χ1) is 32.6. The zero-order chi connectivity index (χ0) is 47.3. The molecule has 1 saturated carbocycles. The second kappa shape index (κ2) is 22.7. The van der Waals surface area contributed by atoms with Crippen LogP contribution in [0.15, 0.2) is 127 Å². The number of amides is 2. The van der Waals surface area contributed by atoms with Crippen molar-refractivity contribution in [1.29, 1.82) is 0 Å². The molecule has 67 heavy (non-hydrogen) atoms. The van der Waals surface area contributed by atoms with Crippen LogP contribution >= 0.6 is 0 Å². The molecule has 1 aliphatic heterocycles. The van der Waals surface area contributed by atoms with E-state index < -0.39 is 46.6 Å². The van der Waals surface area contributed by atoms with Crippen molar-refractivity contribution < 1.29 is 52.9 Å². The Hall–Kier alpha value is -6.62. The summed E-state index contributed by atoms with van der Waals surface area (Å²) in [6, 6.07) is 25.5. The van der Waals surface area contributed by atoms with E-state index in [4.69, 9.17) is 28.9 Å². The standard InChI is InChI=1S/C51H57FN4O11/c1-3-27-64-51-46(55(50(60)63-2)32-35-15-19-38(52)20-16-35)30-44(54-65-33-36-17-21-39(22-18-36)56(61)62)42-28-37(13-7-9-25-57)41(14-8-10-26-58)47(48(42)51)43-29-40(23-24-45(43)67-51)66-49(59)53-31-34-11-5-4-6-12-34/h3-6,11-12,15-24,28-29,37,41,46-48,57-58H,1,7-10,13-14,25-27,30-33H2,2H3,(H,53,59)/t37-,41+,46-,47+,48+,51+/m0/s1. The molecule has 4 aromatic rings. The van der Waals surface area contributed by atoms with Gasteiger partial charge in [0.2, 0.25) is 5.79 Å². The number of benzene rings is 4. The zero-order valence-electron chi connectivity index (χ0n) is 37.5. The number of methoxy groups -OCH3 is 1. The van der Waals surface area contributed by atoms with E-state index in [9.17, 15) is 34.3 Å². The summed E-state index contributed by atoms with van der Waals surface area (Å²) in [7, 11) is 1.28. The van der Waals surface area contributed by atoms with Crippen molar-refractivity contribution >= 4 is 23.6 Å². The minimum absolute atomic E-state index is 0.00169. The van der Waals surface area contributed by atoms with E-state index in [1.807, 2.05) is 36.4 Å². The highest BCUT2D eigenvalue weighted by molar-refractivity contribution is 6.03. The number of nitrogens with zero attached hydrogens (tertiary/aromatic N) is 3. The van der Waals surface area contributed by atoms with Gasteiger partial charge in [0.1, 0.15) is 30.0 Å². The van der Waals surface area contributed by atoms with Gasteiger partial charge in [0.05, 0.1) is 30.3 Å². The lowest BCUT2D eigenvalue weighted by molar-refractivity contribution is -0.384. The number of aliphatic hydroxyl groups excluding tert-OH is 2. The summed E-state index contributed by atoms with van der Waals surface area (Å²) < 4.78 is 39.8. The molecule has 0 radical (unpaired) electrons. The molecule has 1 heterocycles. The van der Waals surface area contributed by atoms with Crippen LogP contribution in [0.5, 0.6) is 11.5 Å². The number of allylic oxidation sites excluding steroid dienone is 1. The van der Waals surface area contributed by atoms with Gasteiger partial charge in [-0.3, -0.25) is 15.0 Å². The van der Waals surface area contributed by atoms with E-state index in [0.29, 0.717) is 61.1 Å². The SMILES string of the molecule is C=CCO[C@@]12Oc3ccc(OC(=O)NCc4ccccc4)cc3[C@H]3[C@H](CCCCO)[C@@H](CCCCO)C=C(C(=NOCc4ccc([N+](=O)[O-])cc4)C[C@@H]1N(Cc1ccc(F)cc1)C(=O)OC)[C@H]32. The summed E-state index contributed by atoms with van der Waals surface area (Å²) in [5.41, 5.74) is 4.06. The number of hydrogen-bond acceptors (Lipinski definition) is 12. The highest BCUT2D eigenvalue weighted by Gasteiger charge is 2.65. The number of ether oxygens (including phenoxy) is 4. The number of non-ortho nitro benzene ring substituents is 1. The number of fused-ring (bicyclic) bond motifs is 2. The van der Waals surface area contributed by atoms with Crippen molar-refractivity contribution in [2.24, 2.45) is 22.9 Å². The third-order valence-electron chi connectivity index (χ3n) is 12.7. The number of unbranched alkanes of at least 4 members (excludes halogenated alkanes) is 2. The molecule has 2 aliphatic carbocycles. The number of carbonyl (C=O) groups is 2. The lowest BCUT2D eigenvalue weighted by Crippen LogP contribution is -2.70. The Morgan fingerprint density at radius 3 is 2.37 bits per heavy atom. The van der Waals surface area contributed by atoms with Crippen molar-refractivity contribution in [3.8, 4) is 11.5 Å². The van der Waals surface area contributed by atoms with Crippen LogP contribution in [0.4, 0.5) is 19.7 Å². The molecule has 0 aromatic heterocycles. The van der Waals surface area contributed by atoms with Crippen LogP contribution in [-0.4, -0.2) is 76.7 Å². The monoisotopic (exact) mass is 920 g/mol. The van der Waals surface area contributed by atoms with Crippen molar-refractivity contribution in [2.75, 3.05) is 26.9 Å². The largest absolute Gasteiger partial charge is 0.459 e. The van der Waals surface area contributed by atoms with Gasteiger partial charge in [0, 0.05) is 56.3 Å². The van der Waals surface area contributed by atoms with Crippen LogP contribution in [0.3, 0.4) is 0 Å². The molecular formula is C51H57FN4O11. The van der Waals surface area contributed by atoms with Gasteiger partial charge in [-0.25, -0.2) is 14.0 Å². The molecule has 0 bridgehead atoms. The predicted octanol–water partition coefficient (Wildman–Crippen LogP) is 9.12. The Morgan fingerprint density at radius 2 is 1.69 bits per heavy atom. The van der Waals surface area contributed by atoms with E-state index >= 15 is 0 Å². The van der Waals surface area contributed by atoms with E-state index in [2.05, 4.69) is 18.0 Å². The van der Waals surface area contributed by atoms with Crippen molar-refractivity contribution in [2.45, 2.75) is 82.4 Å². The Labute approximate surface area is 389 Å². The van der Waals surface area contributed by atoms with Crippen LogP contribution in [0.25, 0.3) is 0 Å². The maximum Gasteiger partial charge on any atom is 0.412 e. The normalized spacial score (nSPS) is 22.0. The number of carbonyl (C=O) groups excluding carboxylic acids is 2. The summed E-state index contributed by atoms with van der Waals surface area (Å²) >= 11 is 0. The van der Waals surface area contributed by atoms with Crippen LogP contribution < -0.4 is 14.8 Å². The average Bonchev–Trinajstić information content (AvgIpc) is 3.34. The molecule has 0 saturated heterocycles. The molecule has 3 N–H and O–H groups in total. The highest BCUT2D eigenvalue weighted by atomic mass is 19.1. The molecular weight excluding hydrogens is 864 g/mol. The van der Waals surface area contributed by atoms with Crippen molar-refractivity contribution in [1.82, 2.24) is 10.2 Å². The van der Waals surface area contributed by atoms with Gasteiger partial charge in [-0.15, -0.1) is 6.58 Å². The van der Waals surface area contributed by atoms with Crippen LogP contribution in [0, 0.1) is 33.7 Å². The first-order valence-corrected chi connectivity index (χ1v) is 22.6. The second-order valence-corrected chi connectivity index (χ2v) is 16.9. The zero-order valence-corrected chi connectivity index (χ0v) is 37.5. The molecule has 15 nitrogen and oxygen atoms in total. The lowest BCUT2D eigenvalue weighted by Gasteiger charge is -2.59. The van der Waals surface area contributed by atoms with Gasteiger partial charge in [-0.1, -0.05) is 72.6 Å². The first-order valence-electron chi connectivity index (χ1n) is 22.6. The second-order valence-electron chi connectivity index (χ2n) is 16.9. The summed E-state index contributed by atoms with van der Waals surface area (Å²) in [5.74, 6) is -2.71. The van der Waals surface area contributed by atoms with Crippen LogP contribution in [-0.2, 0) is 34.0 Å². The lowest BCUT2D eigenvalue weighted by atomic mass is 9.55. The minimum atomic E-state index is -1.63. The van der Waals surface area contributed by atoms with E-state index in [-0.39, 0.29) is 69.2 Å². The quantitative estimate of drug-likeness (QED) is 0.0313. The van der Waals surface area contributed by atoms with Gasteiger partial charge in [0.25, 0.3) is 5.69 Å². The number of oxime groups is 1. The molecule has 1 fully saturated rings. The maximum atomic E-state index is 14.3. The highest BCUT2D eigenvalue weighted by Crippen LogP contribution is 2.62. The average molecular weight is 921 g/mol. The molecule has 3 aliphatic rings. The van der Waals surface area contributed by atoms with Gasteiger partial charge in [-0.05, 0) is 102 Å². The number of aliphatic hydroxyl groups is 2. The van der Waals surface area contributed by atoms with Gasteiger partial charge in [0.15, 0.2) is 0 Å². The number of nitro benzene ring substituents is 1. The van der Waals surface area contributed by atoms with Crippen molar-refractivity contribution in [3.63, 3.8) is 0 Å². The van der Waals surface area contributed by atoms with Crippen molar-refractivity contribution in [3.05, 3.63) is 160 Å². The Kier molecular flexibility index (Phi) is 16.4. The summed E-state index contributed by atoms with van der Waals surface area (Å²) in [4.78, 5) is 46.0. The predicted molar refractivity (Wildman–Crippen MR) is 246 cm³/mol. The Balaban J connectivity index is 1.39. The Bertz CT molecular complexity index is 2400. The van der Waals surface area contributed by atoms with Crippen LogP contribution in [0.1, 0.15) is 73.1 Å². The minimum Gasteiger partial charge on any atom is -0.459 e. The van der Waals surface area contributed by atoms with Gasteiger partial charge in [-0.2, -0.15) is 0 Å². The number of rotatable bonds is 21. The smallest absolute Gasteiger partial charge is 0.412 e. The van der Waals surface area contributed by atoms with Crippen LogP contribution in [0.2, 0.25) is 0 Å². The molecule has 4 aromatic carbocycles. The van der Waals surface area contributed by atoms with Gasteiger partial charge < -0.3 is 39.3 Å². The molecule has 6 atom stereocenters. The number of hydrogen-bond donors (Lipinski definition) is 3. The Morgan fingerprint density at radius 1 is 0.970 bits per heavy atom. The van der Waals surface area contributed by atoms with Gasteiger partial charge >= 0.3 is 12.2 Å². The fraction of sp³-hybridized carbons (Fsp3) is 0.392. The first kappa shape index (κ1) is 48.3. The third kappa shape index (κ3) is 11.3. The number of nitrogens with one attached hydrogen (secondary N) is 1. The summed E-state index contributed by atoms with van der Waals surface area (Å²) in [6.07, 6.45) is 6.37. The van der Waals surface area contributed by atoms with E-state index in [1.165, 1.54) is 36.3 Å². The number of halogens is 1. The maximum absolute atomic E-state index is 14.3. The molecule has 16 heteroatoms. The summed E-state index contributed by atoms with van der Waals surface area (Å²) in [5, 5.41) is 38.9. The number of nitro groups is 1.